The maximum atomic E-state index is 12.9. The zero-order chi connectivity index (χ0) is 43.7. The van der Waals surface area contributed by atoms with Crippen LogP contribution in [0.25, 0.3) is 0 Å². The number of amides is 4. The minimum Gasteiger partial charge on any atom is -0.355 e. The molecule has 352 valence electrons. The number of carbonyl (C=O) groups is 4. The summed E-state index contributed by atoms with van der Waals surface area (Å²) >= 11 is 0. The molecule has 1 aliphatic rings. The molecular formula is C50H98N6O4. The van der Waals surface area contributed by atoms with Gasteiger partial charge in [0.15, 0.2) is 0 Å². The summed E-state index contributed by atoms with van der Waals surface area (Å²) in [4.78, 5) is 56.5. The minimum atomic E-state index is -0.738. The van der Waals surface area contributed by atoms with Gasteiger partial charge >= 0.3 is 0 Å². The topological polar surface area (TPSA) is 123 Å². The summed E-state index contributed by atoms with van der Waals surface area (Å²) in [6.07, 6.45) is 37.1. The van der Waals surface area contributed by atoms with Crippen LogP contribution in [0.3, 0.4) is 0 Å². The average molecular weight is 847 g/mol. The van der Waals surface area contributed by atoms with Crippen LogP contribution < -0.4 is 21.3 Å². The molecule has 0 radical (unpaired) electrons. The van der Waals surface area contributed by atoms with Crippen LogP contribution in [0.1, 0.15) is 233 Å². The van der Waals surface area contributed by atoms with Crippen molar-refractivity contribution >= 4 is 23.6 Å². The van der Waals surface area contributed by atoms with E-state index in [1.807, 2.05) is 0 Å². The Morgan fingerprint density at radius 2 is 0.650 bits per heavy atom. The Kier molecular flexibility index (Phi) is 38.0. The van der Waals surface area contributed by atoms with E-state index in [2.05, 4.69) is 58.8 Å². The predicted molar refractivity (Wildman–Crippen MR) is 253 cm³/mol. The molecule has 10 nitrogen and oxygen atoms in total. The summed E-state index contributed by atoms with van der Waals surface area (Å²) in [7, 11) is 0. The molecule has 0 spiro atoms. The number of nitrogens with one attached hydrogen (secondary N) is 4. The lowest BCUT2D eigenvalue weighted by molar-refractivity contribution is -0.137. The first-order valence-corrected chi connectivity index (χ1v) is 25.9. The van der Waals surface area contributed by atoms with E-state index in [9.17, 15) is 19.2 Å². The molecule has 0 aromatic rings. The largest absolute Gasteiger partial charge is 0.355 e. The number of hydrogen-bond donors (Lipinski definition) is 4. The third-order valence-electron chi connectivity index (χ3n) is 12.4. The van der Waals surface area contributed by atoms with Gasteiger partial charge in [0.2, 0.25) is 23.6 Å². The zero-order valence-electron chi connectivity index (χ0n) is 40.0. The molecule has 10 heteroatoms. The minimum absolute atomic E-state index is 0.0916. The van der Waals surface area contributed by atoms with Gasteiger partial charge in [-0.05, 0) is 64.7 Å². The maximum Gasteiger partial charge on any atom is 0.243 e. The zero-order valence-corrected chi connectivity index (χ0v) is 40.0. The predicted octanol–water partition coefficient (Wildman–Crippen LogP) is 10.4. The van der Waals surface area contributed by atoms with Gasteiger partial charge in [-0.2, -0.15) is 0 Å². The van der Waals surface area contributed by atoms with Gasteiger partial charge in [0.05, 0.1) is 0 Å². The van der Waals surface area contributed by atoms with Crippen LogP contribution in [0.2, 0.25) is 0 Å². The van der Waals surface area contributed by atoms with Crippen LogP contribution in [0.4, 0.5) is 0 Å². The molecule has 1 rings (SSSR count). The van der Waals surface area contributed by atoms with Crippen LogP contribution in [-0.2, 0) is 19.2 Å². The van der Waals surface area contributed by atoms with E-state index in [0.29, 0.717) is 13.1 Å². The first kappa shape index (κ1) is 55.8. The van der Waals surface area contributed by atoms with Crippen LogP contribution in [0.5, 0.6) is 0 Å². The van der Waals surface area contributed by atoms with Crippen molar-refractivity contribution in [2.45, 2.75) is 245 Å². The van der Waals surface area contributed by atoms with Crippen LogP contribution >= 0.6 is 0 Å². The Bertz CT molecular complexity index is 928. The Morgan fingerprint density at radius 1 is 0.400 bits per heavy atom. The highest BCUT2D eigenvalue weighted by Gasteiger charge is 2.33. The quantitative estimate of drug-likeness (QED) is 0.0453. The Morgan fingerprint density at radius 3 is 0.917 bits per heavy atom. The van der Waals surface area contributed by atoms with Crippen molar-refractivity contribution in [1.29, 1.82) is 0 Å². The first-order chi connectivity index (χ1) is 29.3. The van der Waals surface area contributed by atoms with Gasteiger partial charge in [-0.1, -0.05) is 182 Å². The fourth-order valence-corrected chi connectivity index (χ4v) is 8.36. The van der Waals surface area contributed by atoms with E-state index >= 15 is 0 Å². The fourth-order valence-electron chi connectivity index (χ4n) is 8.36. The highest BCUT2D eigenvalue weighted by molar-refractivity contribution is 5.97. The summed E-state index contributed by atoms with van der Waals surface area (Å²) in [5.41, 5.74) is 0. The molecule has 0 saturated carbocycles. The molecule has 1 fully saturated rings. The molecule has 1 saturated heterocycles. The monoisotopic (exact) mass is 847 g/mol. The molecule has 0 unspecified atom stereocenters. The molecular weight excluding hydrogens is 749 g/mol. The average Bonchev–Trinajstić information content (AvgIpc) is 3.24. The lowest BCUT2D eigenvalue weighted by atomic mass is 10.0. The fraction of sp³-hybridized carbons (Fsp3) is 0.920. The lowest BCUT2D eigenvalue weighted by Gasteiger charge is -2.29. The van der Waals surface area contributed by atoms with Crippen molar-refractivity contribution in [3.8, 4) is 0 Å². The van der Waals surface area contributed by atoms with E-state index in [0.717, 1.165) is 39.3 Å². The third kappa shape index (κ3) is 32.5. The lowest BCUT2D eigenvalue weighted by Crippen LogP contribution is -2.61. The van der Waals surface area contributed by atoms with Crippen LogP contribution in [-0.4, -0.2) is 97.9 Å². The van der Waals surface area contributed by atoms with E-state index < -0.39 is 12.1 Å². The van der Waals surface area contributed by atoms with Crippen molar-refractivity contribution in [1.82, 2.24) is 31.1 Å². The smallest absolute Gasteiger partial charge is 0.243 e. The summed E-state index contributed by atoms with van der Waals surface area (Å²) in [6.45, 7) is 16.2. The number of nitrogens with zero attached hydrogens (tertiary/aromatic N) is 2. The first-order valence-electron chi connectivity index (χ1n) is 25.9. The molecule has 60 heavy (non-hydrogen) atoms. The van der Waals surface area contributed by atoms with Gasteiger partial charge in [0.25, 0.3) is 0 Å². The summed E-state index contributed by atoms with van der Waals surface area (Å²) < 4.78 is 0. The Hall–Kier alpha value is -2.20. The number of piperazine rings is 1. The second kappa shape index (κ2) is 40.8. The molecule has 1 aliphatic heterocycles. The molecule has 0 aliphatic carbocycles. The van der Waals surface area contributed by atoms with Crippen molar-refractivity contribution in [2.24, 2.45) is 0 Å². The highest BCUT2D eigenvalue weighted by Crippen LogP contribution is 2.13. The molecule has 1 heterocycles. The molecule has 2 atom stereocenters. The van der Waals surface area contributed by atoms with Crippen LogP contribution in [0, 0.1) is 0 Å². The normalized spacial score (nSPS) is 15.4. The molecule has 4 N–H and O–H groups in total. The number of rotatable bonds is 44. The van der Waals surface area contributed by atoms with Gasteiger partial charge in [-0.3, -0.25) is 19.2 Å². The number of carbonyl (C=O) groups excluding carboxylic acids is 4. The summed E-state index contributed by atoms with van der Waals surface area (Å²) in [6, 6.07) is -1.48. The van der Waals surface area contributed by atoms with Gasteiger partial charge < -0.3 is 31.1 Å². The number of hydrogen-bond acceptors (Lipinski definition) is 6. The van der Waals surface area contributed by atoms with Crippen molar-refractivity contribution < 1.29 is 19.2 Å². The summed E-state index contributed by atoms with van der Waals surface area (Å²) in [5, 5.41) is 11.8. The standard InChI is InChI=1S/C50H98N6O4/c1-5-9-13-17-21-25-29-39-55(40-30-26-22-18-14-10-6-2)43-37-51-47(57)35-33-45-49(59)54-46(50(60)53-45)34-36-48(58)52-38-44-56(41-31-27-23-19-15-11-7-3)42-32-28-24-20-16-12-8-4/h45-46H,5-44H2,1-4H3,(H,51,57)(H,52,58)(H,53,60)(H,54,59)/t45-,46-/m0/s1. The highest BCUT2D eigenvalue weighted by atomic mass is 16.2. The van der Waals surface area contributed by atoms with E-state index in [4.69, 9.17) is 0 Å². The van der Waals surface area contributed by atoms with Crippen LogP contribution in [0.15, 0.2) is 0 Å². The second-order valence-corrected chi connectivity index (χ2v) is 18.1. The molecule has 0 bridgehead atoms. The molecule has 0 aromatic carbocycles. The third-order valence-corrected chi connectivity index (χ3v) is 12.4. The Balaban J connectivity index is 2.39. The van der Waals surface area contributed by atoms with Gasteiger partial charge in [-0.15, -0.1) is 0 Å². The SMILES string of the molecule is CCCCCCCCCN(CCCCCCCCC)CCNC(=O)CC[C@@H]1NC(=O)[C@H](CCC(=O)NCCN(CCCCCCCCC)CCCCCCCCC)NC1=O. The van der Waals surface area contributed by atoms with Gasteiger partial charge in [0.1, 0.15) is 12.1 Å². The molecule has 0 aromatic heterocycles. The maximum absolute atomic E-state index is 12.9. The Labute approximate surface area is 370 Å². The summed E-state index contributed by atoms with van der Waals surface area (Å²) in [5.74, 6) is -0.749. The van der Waals surface area contributed by atoms with Gasteiger partial charge in [-0.25, -0.2) is 0 Å². The van der Waals surface area contributed by atoms with E-state index in [-0.39, 0.29) is 49.3 Å². The van der Waals surface area contributed by atoms with E-state index in [1.165, 1.54) is 180 Å². The second-order valence-electron chi connectivity index (χ2n) is 18.1. The van der Waals surface area contributed by atoms with Crippen molar-refractivity contribution in [3.63, 3.8) is 0 Å². The van der Waals surface area contributed by atoms with Crippen molar-refractivity contribution in [2.75, 3.05) is 52.4 Å². The van der Waals surface area contributed by atoms with Crippen molar-refractivity contribution in [3.05, 3.63) is 0 Å². The van der Waals surface area contributed by atoms with E-state index in [1.54, 1.807) is 0 Å². The number of unbranched alkanes of at least 4 members (excludes halogenated alkanes) is 24. The van der Waals surface area contributed by atoms with Gasteiger partial charge in [0, 0.05) is 39.0 Å². The molecule has 4 amide bonds.